The minimum Gasteiger partial charge on any atom is -0.493 e. The second-order valence-corrected chi connectivity index (χ2v) is 7.90. The van der Waals surface area contributed by atoms with Crippen LogP contribution in [0.25, 0.3) is 0 Å². The molecule has 1 aliphatic rings. The van der Waals surface area contributed by atoms with Gasteiger partial charge in [0.05, 0.1) is 49.1 Å². The maximum Gasteiger partial charge on any atom is 0.161 e. The van der Waals surface area contributed by atoms with Gasteiger partial charge in [-0.15, -0.1) is 0 Å². The fourth-order valence-corrected chi connectivity index (χ4v) is 4.25. The number of benzene rings is 2. The Morgan fingerprint density at radius 1 is 0.821 bits per heavy atom. The lowest BCUT2D eigenvalue weighted by molar-refractivity contribution is -0.923. The first kappa shape index (κ1) is 20.3. The maximum atomic E-state index is 5.58. The van der Waals surface area contributed by atoms with E-state index >= 15 is 0 Å². The van der Waals surface area contributed by atoms with E-state index < -0.39 is 0 Å². The molecule has 1 aliphatic heterocycles. The molecule has 0 radical (unpaired) electrons. The average Bonchev–Trinajstić information content (AvgIpc) is 2.71. The number of hydrogen-bond donors (Lipinski definition) is 0. The molecule has 5 heteroatoms. The highest BCUT2D eigenvalue weighted by Crippen LogP contribution is 2.42. The first-order valence-electron chi connectivity index (χ1n) is 9.72. The third kappa shape index (κ3) is 3.90. The average molecular weight is 387 g/mol. The first-order valence-corrected chi connectivity index (χ1v) is 9.72. The van der Waals surface area contributed by atoms with Crippen molar-refractivity contribution in [2.24, 2.45) is 0 Å². The van der Waals surface area contributed by atoms with Gasteiger partial charge in [-0.05, 0) is 41.8 Å². The Hall–Kier alpha value is -2.40. The van der Waals surface area contributed by atoms with Crippen molar-refractivity contribution in [3.63, 3.8) is 0 Å². The van der Waals surface area contributed by atoms with E-state index in [9.17, 15) is 0 Å². The summed E-state index contributed by atoms with van der Waals surface area (Å²) >= 11 is 0. The van der Waals surface area contributed by atoms with Crippen LogP contribution >= 0.6 is 0 Å². The summed E-state index contributed by atoms with van der Waals surface area (Å²) in [6.45, 7) is 1.11. The number of rotatable bonds is 7. The summed E-state index contributed by atoms with van der Waals surface area (Å²) in [6, 6.07) is 10.9. The van der Waals surface area contributed by atoms with Crippen molar-refractivity contribution >= 4 is 0 Å². The highest BCUT2D eigenvalue weighted by Gasteiger charge is 2.36. The van der Waals surface area contributed by atoms with E-state index in [4.69, 9.17) is 18.9 Å². The molecule has 1 heterocycles. The van der Waals surface area contributed by atoms with Crippen molar-refractivity contribution in [3.8, 4) is 23.0 Å². The van der Waals surface area contributed by atoms with E-state index in [0.29, 0.717) is 6.04 Å². The standard InChI is InChI=1S/C23H32NO4/c1-24(2)12-11-17-14-22(27-5)23(28-6)15-18(17)19(24)9-7-16-8-10-20(25-3)21(13-16)26-4/h8,10,13-15,19H,7,9,11-12H2,1-6H3/q+1. The monoisotopic (exact) mass is 386 g/mol. The summed E-state index contributed by atoms with van der Waals surface area (Å²) < 4.78 is 22.9. The summed E-state index contributed by atoms with van der Waals surface area (Å²) in [7, 11) is 11.4. The minimum absolute atomic E-state index is 0.400. The predicted molar refractivity (Wildman–Crippen MR) is 111 cm³/mol. The van der Waals surface area contributed by atoms with Crippen LogP contribution in [0.3, 0.4) is 0 Å². The molecule has 2 aromatic carbocycles. The van der Waals surface area contributed by atoms with Gasteiger partial charge in [-0.2, -0.15) is 0 Å². The molecular formula is C23H32NO4+. The zero-order chi connectivity index (χ0) is 20.3. The molecule has 0 bridgehead atoms. The first-order chi connectivity index (χ1) is 13.4. The van der Waals surface area contributed by atoms with Crippen LogP contribution in [0.15, 0.2) is 30.3 Å². The van der Waals surface area contributed by atoms with Crippen molar-refractivity contribution in [1.29, 1.82) is 0 Å². The number of fused-ring (bicyclic) bond motifs is 1. The fraction of sp³-hybridized carbons (Fsp3) is 0.478. The molecule has 5 nitrogen and oxygen atoms in total. The van der Waals surface area contributed by atoms with Crippen LogP contribution in [-0.4, -0.2) is 53.6 Å². The summed E-state index contributed by atoms with van der Waals surface area (Å²) in [6.07, 6.45) is 3.07. The molecule has 0 saturated heterocycles. The van der Waals surface area contributed by atoms with Gasteiger partial charge in [0, 0.05) is 18.4 Å². The Morgan fingerprint density at radius 3 is 2.07 bits per heavy atom. The number of methoxy groups -OCH3 is 4. The Kier molecular flexibility index (Phi) is 6.04. The van der Waals surface area contributed by atoms with Gasteiger partial charge in [-0.3, -0.25) is 0 Å². The van der Waals surface area contributed by atoms with Crippen LogP contribution in [0.2, 0.25) is 0 Å². The lowest BCUT2D eigenvalue weighted by Crippen LogP contribution is -2.48. The van der Waals surface area contributed by atoms with Crippen molar-refractivity contribution < 1.29 is 23.4 Å². The zero-order valence-corrected chi connectivity index (χ0v) is 17.9. The molecule has 0 fully saturated rings. The molecule has 1 unspecified atom stereocenters. The van der Waals surface area contributed by atoms with Crippen LogP contribution in [0.5, 0.6) is 23.0 Å². The van der Waals surface area contributed by atoms with Crippen molar-refractivity contribution in [1.82, 2.24) is 0 Å². The number of nitrogens with zero attached hydrogens (tertiary/aromatic N) is 1. The fourth-order valence-electron chi connectivity index (χ4n) is 4.25. The van der Waals surface area contributed by atoms with Crippen molar-refractivity contribution in [3.05, 3.63) is 47.0 Å². The lowest BCUT2D eigenvalue weighted by atomic mass is 9.87. The van der Waals surface area contributed by atoms with Gasteiger partial charge in [0.2, 0.25) is 0 Å². The van der Waals surface area contributed by atoms with Gasteiger partial charge in [0.25, 0.3) is 0 Å². The third-order valence-electron chi connectivity index (χ3n) is 5.96. The number of aryl methyl sites for hydroxylation is 1. The quantitative estimate of drug-likeness (QED) is 0.674. The predicted octanol–water partition coefficient (Wildman–Crippen LogP) is 4.03. The number of quaternary nitrogens is 1. The topological polar surface area (TPSA) is 36.9 Å². The van der Waals surface area contributed by atoms with Crippen LogP contribution in [0, 0.1) is 0 Å². The third-order valence-corrected chi connectivity index (χ3v) is 5.96. The van der Waals surface area contributed by atoms with E-state index in [-0.39, 0.29) is 0 Å². The van der Waals surface area contributed by atoms with Crippen LogP contribution in [0.1, 0.15) is 29.2 Å². The normalized spacial score (nSPS) is 17.6. The molecule has 28 heavy (non-hydrogen) atoms. The highest BCUT2D eigenvalue weighted by molar-refractivity contribution is 5.49. The van der Waals surface area contributed by atoms with Gasteiger partial charge < -0.3 is 23.4 Å². The zero-order valence-electron chi connectivity index (χ0n) is 17.9. The number of hydrogen-bond acceptors (Lipinski definition) is 4. The van der Waals surface area contributed by atoms with Gasteiger partial charge in [-0.1, -0.05) is 6.07 Å². The van der Waals surface area contributed by atoms with Gasteiger partial charge in [0.1, 0.15) is 6.04 Å². The van der Waals surface area contributed by atoms with E-state index in [1.807, 2.05) is 6.07 Å². The molecule has 152 valence electrons. The maximum absolute atomic E-state index is 5.58. The molecule has 0 amide bonds. The second-order valence-electron chi connectivity index (χ2n) is 7.90. The molecule has 1 atom stereocenters. The van der Waals surface area contributed by atoms with Crippen LogP contribution < -0.4 is 18.9 Å². The smallest absolute Gasteiger partial charge is 0.161 e. The van der Waals surface area contributed by atoms with Gasteiger partial charge in [0.15, 0.2) is 23.0 Å². The molecule has 0 spiro atoms. The molecule has 0 N–H and O–H groups in total. The minimum atomic E-state index is 0.400. The molecule has 0 aliphatic carbocycles. The summed E-state index contributed by atoms with van der Waals surface area (Å²) in [4.78, 5) is 0. The van der Waals surface area contributed by atoms with E-state index in [0.717, 1.165) is 53.3 Å². The molecule has 2 aromatic rings. The molecule has 0 aromatic heterocycles. The van der Waals surface area contributed by atoms with Gasteiger partial charge in [-0.25, -0.2) is 0 Å². The number of likely N-dealkylation sites (N-methyl/N-ethyl adjacent to an activating group) is 1. The molecule has 3 rings (SSSR count). The van der Waals surface area contributed by atoms with E-state index in [1.54, 1.807) is 28.4 Å². The summed E-state index contributed by atoms with van der Waals surface area (Å²) in [5.74, 6) is 3.16. The lowest BCUT2D eigenvalue weighted by Gasteiger charge is -2.43. The summed E-state index contributed by atoms with van der Waals surface area (Å²) in [5, 5.41) is 0. The van der Waals surface area contributed by atoms with Crippen LogP contribution in [-0.2, 0) is 12.8 Å². The van der Waals surface area contributed by atoms with Crippen molar-refractivity contribution in [2.75, 3.05) is 49.1 Å². The Balaban J connectivity index is 1.89. The highest BCUT2D eigenvalue weighted by atomic mass is 16.5. The van der Waals surface area contributed by atoms with Crippen LogP contribution in [0.4, 0.5) is 0 Å². The molecule has 0 saturated carbocycles. The molecular weight excluding hydrogens is 354 g/mol. The van der Waals surface area contributed by atoms with Gasteiger partial charge >= 0.3 is 0 Å². The Bertz CT molecular complexity index is 832. The van der Waals surface area contributed by atoms with E-state index in [2.05, 4.69) is 38.4 Å². The SMILES string of the molecule is COc1ccc(CCC2c3cc(OC)c(OC)cc3CC[N+]2(C)C)cc1OC. The Labute approximate surface area is 168 Å². The largest absolute Gasteiger partial charge is 0.493 e. The second kappa shape index (κ2) is 8.31. The summed E-state index contributed by atoms with van der Waals surface area (Å²) in [5.41, 5.74) is 3.99. The Morgan fingerprint density at radius 2 is 1.43 bits per heavy atom. The number of ether oxygens (including phenoxy) is 4. The van der Waals surface area contributed by atoms with Crippen molar-refractivity contribution in [2.45, 2.75) is 25.3 Å². The van der Waals surface area contributed by atoms with E-state index in [1.165, 1.54) is 16.7 Å².